The highest BCUT2D eigenvalue weighted by Gasteiger charge is 2.32. The van der Waals surface area contributed by atoms with Gasteiger partial charge in [-0.25, -0.2) is 0 Å². The molecular weight excluding hydrogens is 126 g/mol. The monoisotopic (exact) mass is 143 g/mol. The van der Waals surface area contributed by atoms with Crippen LogP contribution in [0.5, 0.6) is 0 Å². The maximum atomic E-state index is 9.55. The zero-order valence-electron chi connectivity index (χ0n) is 7.04. The van der Waals surface area contributed by atoms with E-state index in [-0.39, 0.29) is 6.23 Å². The predicted octanol–water partition coefficient (Wildman–Crippen LogP) is 1.06. The summed E-state index contributed by atoms with van der Waals surface area (Å²) in [5.74, 6) is 0.562. The van der Waals surface area contributed by atoms with E-state index in [1.165, 1.54) is 12.8 Å². The average Bonchev–Trinajstić information content (AvgIpc) is 2.65. The molecule has 0 heterocycles. The molecule has 1 rings (SSSR count). The quantitative estimate of drug-likeness (QED) is 0.597. The van der Waals surface area contributed by atoms with E-state index < -0.39 is 0 Å². The summed E-state index contributed by atoms with van der Waals surface area (Å²) in [4.78, 5) is 2.03. The fraction of sp³-hybridized carbons (Fsp3) is 1.00. The van der Waals surface area contributed by atoms with Gasteiger partial charge in [0.15, 0.2) is 0 Å². The van der Waals surface area contributed by atoms with Crippen molar-refractivity contribution in [2.24, 2.45) is 5.92 Å². The third-order valence-electron chi connectivity index (χ3n) is 2.28. The van der Waals surface area contributed by atoms with Gasteiger partial charge in [-0.3, -0.25) is 4.90 Å². The Bertz CT molecular complexity index is 104. The Morgan fingerprint density at radius 3 is 2.20 bits per heavy atom. The van der Waals surface area contributed by atoms with Crippen molar-refractivity contribution in [3.05, 3.63) is 0 Å². The summed E-state index contributed by atoms with van der Waals surface area (Å²) < 4.78 is 0. The van der Waals surface area contributed by atoms with Crippen molar-refractivity contribution in [2.75, 3.05) is 7.05 Å². The molecule has 1 atom stereocenters. The largest absolute Gasteiger partial charge is 0.378 e. The lowest BCUT2D eigenvalue weighted by atomic mass is 10.2. The van der Waals surface area contributed by atoms with Crippen LogP contribution in [0.25, 0.3) is 0 Å². The lowest BCUT2D eigenvalue weighted by Gasteiger charge is -2.26. The maximum absolute atomic E-state index is 9.55. The first-order valence-corrected chi connectivity index (χ1v) is 4.03. The first kappa shape index (κ1) is 8.02. The first-order chi connectivity index (χ1) is 4.63. The molecule has 1 N–H and O–H groups in total. The average molecular weight is 143 g/mol. The van der Waals surface area contributed by atoms with E-state index in [4.69, 9.17) is 0 Å². The Kier molecular flexibility index (Phi) is 2.32. The van der Waals surface area contributed by atoms with Gasteiger partial charge in [-0.1, -0.05) is 0 Å². The molecule has 0 aromatic heterocycles. The molecule has 0 radical (unpaired) electrons. The van der Waals surface area contributed by atoms with E-state index in [9.17, 15) is 5.11 Å². The third-order valence-corrected chi connectivity index (χ3v) is 2.28. The predicted molar refractivity (Wildman–Crippen MR) is 41.6 cm³/mol. The van der Waals surface area contributed by atoms with Crippen LogP contribution in [-0.4, -0.2) is 29.3 Å². The smallest absolute Gasteiger partial charge is 0.110 e. The standard InChI is InChI=1S/C8H17NO/c1-6(2)9(3)8(10)7-4-5-7/h6-8,10H,4-5H2,1-3H3. The van der Waals surface area contributed by atoms with Crippen molar-refractivity contribution in [2.45, 2.75) is 39.0 Å². The Balaban J connectivity index is 2.30. The SMILES string of the molecule is CC(C)N(C)C(O)C1CC1. The highest BCUT2D eigenvalue weighted by Crippen LogP contribution is 2.33. The molecule has 1 fully saturated rings. The highest BCUT2D eigenvalue weighted by molar-refractivity contribution is 4.81. The summed E-state index contributed by atoms with van der Waals surface area (Å²) in [5.41, 5.74) is 0. The molecule has 0 bridgehead atoms. The van der Waals surface area contributed by atoms with Gasteiger partial charge in [0.25, 0.3) is 0 Å². The fourth-order valence-corrected chi connectivity index (χ4v) is 1.03. The molecular formula is C8H17NO. The molecule has 10 heavy (non-hydrogen) atoms. The molecule has 0 aromatic carbocycles. The van der Waals surface area contributed by atoms with Gasteiger partial charge in [0.2, 0.25) is 0 Å². The van der Waals surface area contributed by atoms with Gasteiger partial charge in [0.05, 0.1) is 0 Å². The minimum Gasteiger partial charge on any atom is -0.378 e. The molecule has 1 unspecified atom stereocenters. The van der Waals surface area contributed by atoms with Crippen LogP contribution in [0.3, 0.4) is 0 Å². The topological polar surface area (TPSA) is 23.5 Å². The van der Waals surface area contributed by atoms with Gasteiger partial charge in [0.1, 0.15) is 6.23 Å². The highest BCUT2D eigenvalue weighted by atomic mass is 16.3. The van der Waals surface area contributed by atoms with Crippen molar-refractivity contribution in [3.8, 4) is 0 Å². The number of rotatable bonds is 3. The number of nitrogens with zero attached hydrogens (tertiary/aromatic N) is 1. The van der Waals surface area contributed by atoms with Crippen LogP contribution in [0.1, 0.15) is 26.7 Å². The summed E-state index contributed by atoms with van der Waals surface area (Å²) in [7, 11) is 1.98. The molecule has 1 aliphatic carbocycles. The van der Waals surface area contributed by atoms with Gasteiger partial charge in [-0.2, -0.15) is 0 Å². The number of hydrogen-bond donors (Lipinski definition) is 1. The minimum absolute atomic E-state index is 0.194. The van der Waals surface area contributed by atoms with E-state index in [0.29, 0.717) is 12.0 Å². The van der Waals surface area contributed by atoms with E-state index in [1.807, 2.05) is 11.9 Å². The van der Waals surface area contributed by atoms with Crippen LogP contribution in [0.4, 0.5) is 0 Å². The van der Waals surface area contributed by atoms with Crippen molar-refractivity contribution in [1.29, 1.82) is 0 Å². The van der Waals surface area contributed by atoms with Gasteiger partial charge >= 0.3 is 0 Å². The Hall–Kier alpha value is -0.0800. The maximum Gasteiger partial charge on any atom is 0.110 e. The first-order valence-electron chi connectivity index (χ1n) is 4.03. The van der Waals surface area contributed by atoms with Crippen LogP contribution >= 0.6 is 0 Å². The van der Waals surface area contributed by atoms with Crippen molar-refractivity contribution >= 4 is 0 Å². The van der Waals surface area contributed by atoms with E-state index in [0.717, 1.165) is 0 Å². The number of aliphatic hydroxyl groups is 1. The van der Waals surface area contributed by atoms with Gasteiger partial charge < -0.3 is 5.11 Å². The molecule has 60 valence electrons. The van der Waals surface area contributed by atoms with Crippen molar-refractivity contribution in [1.82, 2.24) is 4.90 Å². The lowest BCUT2D eigenvalue weighted by Crippen LogP contribution is -2.38. The molecule has 2 heteroatoms. The number of hydrogen-bond acceptors (Lipinski definition) is 2. The molecule has 1 aliphatic rings. The lowest BCUT2D eigenvalue weighted by molar-refractivity contribution is -0.0135. The van der Waals surface area contributed by atoms with Crippen LogP contribution in [0, 0.1) is 5.92 Å². The normalized spacial score (nSPS) is 22.2. The van der Waals surface area contributed by atoms with Crippen LogP contribution in [-0.2, 0) is 0 Å². The van der Waals surface area contributed by atoms with Gasteiger partial charge in [-0.15, -0.1) is 0 Å². The second-order valence-corrected chi connectivity index (χ2v) is 3.51. The van der Waals surface area contributed by atoms with Crippen LogP contribution < -0.4 is 0 Å². The van der Waals surface area contributed by atoms with Crippen LogP contribution in [0.15, 0.2) is 0 Å². The summed E-state index contributed by atoms with van der Waals surface area (Å²) >= 11 is 0. The Morgan fingerprint density at radius 1 is 1.40 bits per heavy atom. The van der Waals surface area contributed by atoms with E-state index in [2.05, 4.69) is 13.8 Å². The van der Waals surface area contributed by atoms with Gasteiger partial charge in [0, 0.05) is 6.04 Å². The van der Waals surface area contributed by atoms with Crippen molar-refractivity contribution < 1.29 is 5.11 Å². The summed E-state index contributed by atoms with van der Waals surface area (Å²) in [6.45, 7) is 4.21. The Morgan fingerprint density at radius 2 is 1.90 bits per heavy atom. The molecule has 1 saturated carbocycles. The summed E-state index contributed by atoms with van der Waals surface area (Å²) in [6, 6.07) is 0.454. The molecule has 2 nitrogen and oxygen atoms in total. The molecule has 0 aliphatic heterocycles. The number of aliphatic hydroxyl groups excluding tert-OH is 1. The zero-order valence-corrected chi connectivity index (χ0v) is 7.04. The summed E-state index contributed by atoms with van der Waals surface area (Å²) in [5, 5.41) is 9.55. The molecule has 0 aromatic rings. The summed E-state index contributed by atoms with van der Waals surface area (Å²) in [6.07, 6.45) is 2.22. The molecule has 0 spiro atoms. The second-order valence-electron chi connectivity index (χ2n) is 3.51. The van der Waals surface area contributed by atoms with Crippen LogP contribution in [0.2, 0.25) is 0 Å². The Labute approximate surface area is 62.8 Å². The molecule has 0 saturated heterocycles. The second kappa shape index (κ2) is 2.89. The zero-order chi connectivity index (χ0) is 7.72. The third kappa shape index (κ3) is 1.70. The fourth-order valence-electron chi connectivity index (χ4n) is 1.03. The van der Waals surface area contributed by atoms with Crippen molar-refractivity contribution in [3.63, 3.8) is 0 Å². The van der Waals surface area contributed by atoms with Gasteiger partial charge in [-0.05, 0) is 39.7 Å². The molecule has 0 amide bonds. The van der Waals surface area contributed by atoms with E-state index >= 15 is 0 Å². The minimum atomic E-state index is -0.194. The van der Waals surface area contributed by atoms with E-state index in [1.54, 1.807) is 0 Å².